The van der Waals surface area contributed by atoms with Crippen molar-refractivity contribution in [2.24, 2.45) is 11.8 Å². The molecule has 1 unspecified atom stereocenters. The van der Waals surface area contributed by atoms with Crippen LogP contribution in [-0.4, -0.2) is 30.3 Å². The summed E-state index contributed by atoms with van der Waals surface area (Å²) >= 11 is 0. The zero-order valence-corrected chi connectivity index (χ0v) is 10.6. The molecule has 2 aliphatic rings. The Morgan fingerprint density at radius 2 is 1.94 bits per heavy atom. The summed E-state index contributed by atoms with van der Waals surface area (Å²) in [5.41, 5.74) is 0. The maximum Gasteiger partial charge on any atom is 0.149 e. The van der Waals surface area contributed by atoms with E-state index >= 15 is 0 Å². The molecular weight excluding hydrogens is 198 g/mol. The minimum atomic E-state index is 0.405. The summed E-state index contributed by atoms with van der Waals surface area (Å²) in [7, 11) is 0. The maximum atomic E-state index is 12.1. The molecule has 0 N–H and O–H groups in total. The highest BCUT2D eigenvalue weighted by atomic mass is 16.1. The molecule has 2 heteroatoms. The van der Waals surface area contributed by atoms with Crippen LogP contribution in [0.25, 0.3) is 0 Å². The van der Waals surface area contributed by atoms with E-state index in [4.69, 9.17) is 0 Å². The second-order valence-electron chi connectivity index (χ2n) is 5.60. The number of carbonyl (C=O) groups excluding carboxylic acids is 1. The molecule has 0 radical (unpaired) electrons. The molecule has 0 bridgehead atoms. The van der Waals surface area contributed by atoms with E-state index in [1.165, 1.54) is 32.1 Å². The largest absolute Gasteiger partial charge is 0.298 e. The molecule has 92 valence electrons. The number of piperidine rings is 1. The van der Waals surface area contributed by atoms with Gasteiger partial charge in [0.05, 0.1) is 6.54 Å². The molecule has 1 heterocycles. The Balaban J connectivity index is 1.77. The average molecular weight is 223 g/mol. The second kappa shape index (κ2) is 5.81. The van der Waals surface area contributed by atoms with Crippen LogP contribution in [0, 0.1) is 11.8 Å². The van der Waals surface area contributed by atoms with Crippen molar-refractivity contribution in [2.75, 3.05) is 19.6 Å². The van der Waals surface area contributed by atoms with Gasteiger partial charge in [-0.2, -0.15) is 0 Å². The summed E-state index contributed by atoms with van der Waals surface area (Å²) in [6.45, 7) is 5.32. The number of hydrogen-bond donors (Lipinski definition) is 0. The van der Waals surface area contributed by atoms with E-state index in [0.29, 0.717) is 11.7 Å². The van der Waals surface area contributed by atoms with Gasteiger partial charge >= 0.3 is 0 Å². The van der Waals surface area contributed by atoms with Crippen molar-refractivity contribution in [2.45, 2.75) is 51.9 Å². The lowest BCUT2D eigenvalue weighted by molar-refractivity contribution is -0.124. The minimum Gasteiger partial charge on any atom is -0.298 e. The number of likely N-dealkylation sites (tertiary alicyclic amines) is 1. The predicted molar refractivity (Wildman–Crippen MR) is 66.4 cm³/mol. The summed E-state index contributed by atoms with van der Waals surface area (Å²) in [6.07, 6.45) is 8.78. The summed E-state index contributed by atoms with van der Waals surface area (Å²) in [6, 6.07) is 0. The first-order chi connectivity index (χ1) is 7.79. The number of hydrogen-bond acceptors (Lipinski definition) is 2. The molecule has 1 aliphatic heterocycles. The Morgan fingerprint density at radius 3 is 2.62 bits per heavy atom. The van der Waals surface area contributed by atoms with Gasteiger partial charge in [-0.3, -0.25) is 9.69 Å². The van der Waals surface area contributed by atoms with Gasteiger partial charge < -0.3 is 0 Å². The van der Waals surface area contributed by atoms with E-state index in [2.05, 4.69) is 11.8 Å². The summed E-state index contributed by atoms with van der Waals surface area (Å²) in [4.78, 5) is 14.5. The molecule has 0 aromatic rings. The fourth-order valence-corrected chi connectivity index (χ4v) is 3.23. The van der Waals surface area contributed by atoms with E-state index in [1.54, 1.807) is 0 Å². The molecule has 0 spiro atoms. The predicted octanol–water partition coefficient (Wildman–Crippen LogP) is 2.87. The van der Waals surface area contributed by atoms with Crippen LogP contribution in [0.1, 0.15) is 51.9 Å². The molecule has 2 nitrogen and oxygen atoms in total. The van der Waals surface area contributed by atoms with Crippen molar-refractivity contribution in [3.63, 3.8) is 0 Å². The van der Waals surface area contributed by atoms with Gasteiger partial charge in [0.25, 0.3) is 0 Å². The van der Waals surface area contributed by atoms with Gasteiger partial charge in [-0.25, -0.2) is 0 Å². The van der Waals surface area contributed by atoms with Crippen LogP contribution in [0.15, 0.2) is 0 Å². The average Bonchev–Trinajstić information content (AvgIpc) is 2.83. The lowest BCUT2D eigenvalue weighted by Crippen LogP contribution is -2.40. The third-order valence-electron chi connectivity index (χ3n) is 4.37. The number of carbonyl (C=O) groups is 1. The van der Waals surface area contributed by atoms with Crippen LogP contribution in [0.4, 0.5) is 0 Å². The van der Waals surface area contributed by atoms with Gasteiger partial charge in [0.15, 0.2) is 0 Å². The Bertz CT molecular complexity index is 233. The van der Waals surface area contributed by atoms with E-state index in [-0.39, 0.29) is 0 Å². The highest BCUT2D eigenvalue weighted by Crippen LogP contribution is 2.26. The summed E-state index contributed by atoms with van der Waals surface area (Å²) in [5.74, 6) is 1.77. The maximum absolute atomic E-state index is 12.1. The zero-order valence-electron chi connectivity index (χ0n) is 10.6. The van der Waals surface area contributed by atoms with Gasteiger partial charge in [-0.15, -0.1) is 0 Å². The first-order valence-corrected chi connectivity index (χ1v) is 7.04. The smallest absolute Gasteiger partial charge is 0.149 e. The Morgan fingerprint density at radius 1 is 1.19 bits per heavy atom. The van der Waals surface area contributed by atoms with Gasteiger partial charge in [0.1, 0.15) is 5.78 Å². The fraction of sp³-hybridized carbons (Fsp3) is 0.929. The number of rotatable bonds is 4. The quantitative estimate of drug-likeness (QED) is 0.730. The molecule has 0 aromatic carbocycles. The molecule has 0 aromatic heterocycles. The number of ketones is 1. The molecule has 2 fully saturated rings. The van der Waals surface area contributed by atoms with Crippen LogP contribution in [-0.2, 0) is 4.79 Å². The van der Waals surface area contributed by atoms with E-state index in [1.807, 2.05) is 0 Å². The Kier molecular flexibility index (Phi) is 4.39. The summed E-state index contributed by atoms with van der Waals surface area (Å²) in [5, 5.41) is 0. The van der Waals surface area contributed by atoms with Gasteiger partial charge in [0.2, 0.25) is 0 Å². The molecular formula is C14H25NO. The molecule has 2 rings (SSSR count). The normalized spacial score (nSPS) is 28.4. The van der Waals surface area contributed by atoms with Crippen molar-refractivity contribution in [1.82, 2.24) is 4.90 Å². The van der Waals surface area contributed by atoms with Crippen molar-refractivity contribution >= 4 is 5.78 Å². The Hall–Kier alpha value is -0.370. The van der Waals surface area contributed by atoms with Crippen molar-refractivity contribution in [3.05, 3.63) is 0 Å². The number of Topliss-reactive ketones (excluding diaryl/α,β-unsaturated/α-hetero) is 1. The fourth-order valence-electron chi connectivity index (χ4n) is 3.23. The minimum absolute atomic E-state index is 0.405. The van der Waals surface area contributed by atoms with Gasteiger partial charge in [0, 0.05) is 12.5 Å². The lowest BCUT2D eigenvalue weighted by atomic mass is 9.94. The topological polar surface area (TPSA) is 20.3 Å². The van der Waals surface area contributed by atoms with Crippen LogP contribution in [0.3, 0.4) is 0 Å². The molecule has 0 amide bonds. The van der Waals surface area contributed by atoms with Gasteiger partial charge in [-0.05, 0) is 38.1 Å². The standard InChI is InChI=1S/C14H25NO/c1-2-12-6-5-9-15(10-12)11-14(16)13-7-3-4-8-13/h12-13H,2-11H2,1H3. The van der Waals surface area contributed by atoms with E-state index in [0.717, 1.165) is 38.4 Å². The Labute approximate surface area is 99.4 Å². The zero-order chi connectivity index (χ0) is 11.4. The van der Waals surface area contributed by atoms with Crippen molar-refractivity contribution < 1.29 is 4.79 Å². The summed E-state index contributed by atoms with van der Waals surface area (Å²) < 4.78 is 0. The highest BCUT2D eigenvalue weighted by Gasteiger charge is 2.26. The van der Waals surface area contributed by atoms with E-state index < -0.39 is 0 Å². The lowest BCUT2D eigenvalue weighted by Gasteiger charge is -2.32. The second-order valence-corrected chi connectivity index (χ2v) is 5.60. The number of nitrogens with zero attached hydrogens (tertiary/aromatic N) is 1. The van der Waals surface area contributed by atoms with Crippen LogP contribution >= 0.6 is 0 Å². The molecule has 1 atom stereocenters. The molecule has 1 saturated heterocycles. The first kappa shape index (κ1) is 12.1. The SMILES string of the molecule is CCC1CCCN(CC(=O)C2CCCC2)C1. The monoisotopic (exact) mass is 223 g/mol. The van der Waals surface area contributed by atoms with Crippen molar-refractivity contribution in [1.29, 1.82) is 0 Å². The molecule has 1 saturated carbocycles. The third-order valence-corrected chi connectivity index (χ3v) is 4.37. The first-order valence-electron chi connectivity index (χ1n) is 7.04. The molecule has 1 aliphatic carbocycles. The van der Waals surface area contributed by atoms with Crippen LogP contribution in [0.2, 0.25) is 0 Å². The molecule has 16 heavy (non-hydrogen) atoms. The van der Waals surface area contributed by atoms with Gasteiger partial charge in [-0.1, -0.05) is 26.2 Å². The van der Waals surface area contributed by atoms with E-state index in [9.17, 15) is 4.79 Å². The van der Waals surface area contributed by atoms with Crippen molar-refractivity contribution in [3.8, 4) is 0 Å². The third kappa shape index (κ3) is 3.07. The van der Waals surface area contributed by atoms with Crippen LogP contribution < -0.4 is 0 Å². The van der Waals surface area contributed by atoms with Crippen LogP contribution in [0.5, 0.6) is 0 Å². The highest BCUT2D eigenvalue weighted by molar-refractivity contribution is 5.83.